The molecule has 3 rings (SSSR count). The third-order valence-corrected chi connectivity index (χ3v) is 5.35. The number of ether oxygens (including phenoxy) is 1. The highest BCUT2D eigenvalue weighted by Gasteiger charge is 2.18. The Hall–Kier alpha value is -1.91. The van der Waals surface area contributed by atoms with Crippen LogP contribution >= 0.6 is 24.0 Å². The van der Waals surface area contributed by atoms with Gasteiger partial charge in [-0.05, 0) is 37.5 Å². The van der Waals surface area contributed by atoms with Crippen LogP contribution < -0.4 is 15.4 Å². The van der Waals surface area contributed by atoms with Crippen molar-refractivity contribution in [1.29, 1.82) is 0 Å². The summed E-state index contributed by atoms with van der Waals surface area (Å²) in [5.74, 6) is 1.60. The average molecular weight is 530 g/mol. The van der Waals surface area contributed by atoms with E-state index in [-0.39, 0.29) is 41.6 Å². The molecule has 7 nitrogen and oxygen atoms in total. The highest BCUT2D eigenvalue weighted by atomic mass is 127. The van der Waals surface area contributed by atoms with Crippen molar-refractivity contribution in [1.82, 2.24) is 25.4 Å². The summed E-state index contributed by atoms with van der Waals surface area (Å²) in [4.78, 5) is 4.76. The van der Waals surface area contributed by atoms with Crippen molar-refractivity contribution in [2.45, 2.75) is 64.6 Å². The molecule has 0 amide bonds. The number of rotatable bonds is 8. The summed E-state index contributed by atoms with van der Waals surface area (Å²) < 4.78 is 21.1. The van der Waals surface area contributed by atoms with E-state index in [1.807, 2.05) is 17.6 Å². The minimum atomic E-state index is -0.361. The van der Waals surface area contributed by atoms with Crippen LogP contribution in [0.15, 0.2) is 29.5 Å². The summed E-state index contributed by atoms with van der Waals surface area (Å²) in [6.45, 7) is 5.40. The van der Waals surface area contributed by atoms with E-state index < -0.39 is 0 Å². The second-order valence-corrected chi connectivity index (χ2v) is 7.41. The van der Waals surface area contributed by atoms with E-state index in [0.717, 1.165) is 43.2 Å². The van der Waals surface area contributed by atoms with E-state index in [0.29, 0.717) is 12.6 Å². The molecular weight excluding hydrogens is 498 g/mol. The maximum Gasteiger partial charge on any atom is 0.192 e. The molecule has 2 aromatic rings. The van der Waals surface area contributed by atoms with E-state index >= 15 is 0 Å². The van der Waals surface area contributed by atoms with Crippen LogP contribution in [0, 0.1) is 5.82 Å². The highest BCUT2D eigenvalue weighted by Crippen LogP contribution is 2.22. The molecule has 2 N–H and O–H groups in total. The third kappa shape index (κ3) is 6.55. The van der Waals surface area contributed by atoms with Crippen LogP contribution in [0.5, 0.6) is 5.75 Å². The van der Waals surface area contributed by atoms with Gasteiger partial charge in [0.05, 0.1) is 19.7 Å². The lowest BCUT2D eigenvalue weighted by Gasteiger charge is -2.22. The Morgan fingerprint density at radius 1 is 1.37 bits per heavy atom. The Bertz CT molecular complexity index is 822. The number of aromatic nitrogens is 3. The molecule has 0 saturated heterocycles. The number of guanidine groups is 1. The van der Waals surface area contributed by atoms with Crippen molar-refractivity contribution < 1.29 is 9.13 Å². The molecule has 1 fully saturated rings. The molecule has 166 valence electrons. The maximum absolute atomic E-state index is 14.1. The van der Waals surface area contributed by atoms with Gasteiger partial charge < -0.3 is 19.9 Å². The van der Waals surface area contributed by atoms with E-state index in [1.165, 1.54) is 26.0 Å². The highest BCUT2D eigenvalue weighted by molar-refractivity contribution is 14.0. The molecule has 1 aromatic heterocycles. The monoisotopic (exact) mass is 530 g/mol. The van der Waals surface area contributed by atoms with Gasteiger partial charge in [-0.3, -0.25) is 4.99 Å². The molecule has 0 bridgehead atoms. The van der Waals surface area contributed by atoms with E-state index in [9.17, 15) is 4.39 Å². The predicted molar refractivity (Wildman–Crippen MR) is 127 cm³/mol. The van der Waals surface area contributed by atoms with Gasteiger partial charge in [0, 0.05) is 19.0 Å². The SMILES string of the molecule is CCc1nncn1CCN=C(NC1CCCC1)NC(C)c1ccc(OC)c(F)c1.I. The fourth-order valence-corrected chi connectivity index (χ4v) is 3.65. The Morgan fingerprint density at radius 3 is 2.80 bits per heavy atom. The molecule has 1 heterocycles. The molecule has 0 aliphatic heterocycles. The molecule has 1 aliphatic rings. The topological polar surface area (TPSA) is 76.4 Å². The summed E-state index contributed by atoms with van der Waals surface area (Å²) in [6, 6.07) is 5.38. The zero-order valence-electron chi connectivity index (χ0n) is 17.9. The smallest absolute Gasteiger partial charge is 0.192 e. The van der Waals surface area contributed by atoms with Gasteiger partial charge in [0.25, 0.3) is 0 Å². The Balaban J connectivity index is 0.00000320. The summed E-state index contributed by atoms with van der Waals surface area (Å²) >= 11 is 0. The number of hydrogen-bond donors (Lipinski definition) is 2. The van der Waals surface area contributed by atoms with Gasteiger partial charge >= 0.3 is 0 Å². The first-order valence-corrected chi connectivity index (χ1v) is 10.4. The quantitative estimate of drug-likeness (QED) is 0.308. The number of nitrogens with one attached hydrogen (secondary N) is 2. The molecule has 1 aliphatic carbocycles. The Kier molecular flexibility index (Phi) is 9.80. The Labute approximate surface area is 194 Å². The van der Waals surface area contributed by atoms with Crippen molar-refractivity contribution in [3.05, 3.63) is 41.7 Å². The number of aryl methyl sites for hydroxylation is 1. The fraction of sp³-hybridized carbons (Fsp3) is 0.571. The van der Waals surface area contributed by atoms with E-state index in [4.69, 9.17) is 9.73 Å². The van der Waals surface area contributed by atoms with Crippen molar-refractivity contribution in [3.8, 4) is 5.75 Å². The van der Waals surface area contributed by atoms with Gasteiger partial charge in [-0.2, -0.15) is 0 Å². The van der Waals surface area contributed by atoms with Gasteiger partial charge in [0.2, 0.25) is 0 Å². The third-order valence-electron chi connectivity index (χ3n) is 5.35. The van der Waals surface area contributed by atoms with Gasteiger partial charge in [-0.25, -0.2) is 4.39 Å². The van der Waals surface area contributed by atoms with Crippen LogP contribution in [0.2, 0.25) is 0 Å². The number of benzene rings is 1. The largest absolute Gasteiger partial charge is 0.494 e. The van der Waals surface area contributed by atoms with Crippen LogP contribution in [0.1, 0.15) is 57.0 Å². The lowest BCUT2D eigenvalue weighted by molar-refractivity contribution is 0.386. The number of halogens is 2. The first kappa shape index (κ1) is 24.4. The number of hydrogen-bond acceptors (Lipinski definition) is 4. The van der Waals surface area contributed by atoms with Gasteiger partial charge in [0.1, 0.15) is 12.2 Å². The van der Waals surface area contributed by atoms with E-state index in [2.05, 4.69) is 27.8 Å². The summed E-state index contributed by atoms with van der Waals surface area (Å²) in [7, 11) is 1.47. The molecule has 0 radical (unpaired) electrons. The van der Waals surface area contributed by atoms with E-state index in [1.54, 1.807) is 12.4 Å². The van der Waals surface area contributed by atoms with Gasteiger partial charge in [-0.15, -0.1) is 34.2 Å². The number of methoxy groups -OCH3 is 1. The Morgan fingerprint density at radius 2 is 2.13 bits per heavy atom. The van der Waals surface area contributed by atoms with Crippen LogP contribution in [0.25, 0.3) is 0 Å². The number of nitrogens with zero attached hydrogens (tertiary/aromatic N) is 4. The number of aliphatic imine (C=N–C) groups is 1. The van der Waals surface area contributed by atoms with Crippen molar-refractivity contribution in [2.24, 2.45) is 4.99 Å². The lowest BCUT2D eigenvalue weighted by Crippen LogP contribution is -2.43. The molecule has 9 heteroatoms. The van der Waals surface area contributed by atoms with Crippen LogP contribution in [0.4, 0.5) is 4.39 Å². The first-order valence-electron chi connectivity index (χ1n) is 10.4. The summed E-state index contributed by atoms with van der Waals surface area (Å²) in [5.41, 5.74) is 0.844. The second kappa shape index (κ2) is 12.1. The van der Waals surface area contributed by atoms with Crippen molar-refractivity contribution in [2.75, 3.05) is 13.7 Å². The van der Waals surface area contributed by atoms with Crippen LogP contribution in [0.3, 0.4) is 0 Å². The zero-order chi connectivity index (χ0) is 20.6. The van der Waals surface area contributed by atoms with Crippen molar-refractivity contribution >= 4 is 29.9 Å². The van der Waals surface area contributed by atoms with Crippen LogP contribution in [-0.4, -0.2) is 40.4 Å². The molecule has 1 aromatic carbocycles. The van der Waals surface area contributed by atoms with Gasteiger partial charge in [-0.1, -0.05) is 25.8 Å². The molecule has 30 heavy (non-hydrogen) atoms. The normalized spacial score (nSPS) is 15.5. The minimum absolute atomic E-state index is 0. The lowest BCUT2D eigenvalue weighted by atomic mass is 10.1. The predicted octanol–water partition coefficient (Wildman–Crippen LogP) is 3.85. The van der Waals surface area contributed by atoms with Gasteiger partial charge in [0.15, 0.2) is 17.5 Å². The average Bonchev–Trinajstić information content (AvgIpc) is 3.39. The minimum Gasteiger partial charge on any atom is -0.494 e. The first-order chi connectivity index (χ1) is 14.1. The standard InChI is InChI=1S/C21H31FN6O.HI/c1-4-20-27-24-14-28(20)12-11-23-21(26-17-7-5-6-8-17)25-15(2)16-9-10-19(29-3)18(22)13-16;/h9-10,13-15,17H,4-8,11-12H2,1-3H3,(H2,23,25,26);1H. The molecule has 1 saturated carbocycles. The molecule has 0 spiro atoms. The molecular formula is C21H32FIN6O. The zero-order valence-corrected chi connectivity index (χ0v) is 20.2. The molecule has 1 atom stereocenters. The van der Waals surface area contributed by atoms with Crippen molar-refractivity contribution in [3.63, 3.8) is 0 Å². The maximum atomic E-state index is 14.1. The summed E-state index contributed by atoms with van der Waals surface area (Å²) in [6.07, 6.45) is 7.37. The summed E-state index contributed by atoms with van der Waals surface area (Å²) in [5, 5.41) is 15.1. The second-order valence-electron chi connectivity index (χ2n) is 7.41. The molecule has 1 unspecified atom stereocenters. The fourth-order valence-electron chi connectivity index (χ4n) is 3.65. The van der Waals surface area contributed by atoms with Crippen LogP contribution in [-0.2, 0) is 13.0 Å².